The van der Waals surface area contributed by atoms with E-state index in [1.54, 1.807) is 11.9 Å². The van der Waals surface area contributed by atoms with Gasteiger partial charge in [0.2, 0.25) is 5.91 Å². The smallest absolute Gasteiger partial charge is 0.748 e. The van der Waals surface area contributed by atoms with E-state index in [1.165, 1.54) is 64.2 Å². The molecule has 30 heavy (non-hydrogen) atoms. The summed E-state index contributed by atoms with van der Waals surface area (Å²) >= 11 is 0. The Balaban J connectivity index is 0. The normalized spacial score (nSPS) is 11.6. The van der Waals surface area contributed by atoms with Crippen LogP contribution in [0.4, 0.5) is 0 Å². The van der Waals surface area contributed by atoms with Crippen LogP contribution in [0.1, 0.15) is 110 Å². The van der Waals surface area contributed by atoms with Gasteiger partial charge in [-0.25, -0.2) is 8.42 Å². The molecule has 0 aromatic carbocycles. The number of amides is 1. The van der Waals surface area contributed by atoms with Crippen LogP contribution in [-0.4, -0.2) is 43.1 Å². The quantitative estimate of drug-likeness (QED) is 0.123. The molecule has 7 heteroatoms. The van der Waals surface area contributed by atoms with E-state index in [9.17, 15) is 17.8 Å². The summed E-state index contributed by atoms with van der Waals surface area (Å²) in [6, 6.07) is 0. The van der Waals surface area contributed by atoms with Gasteiger partial charge in [0.15, 0.2) is 0 Å². The Morgan fingerprint density at radius 3 is 1.83 bits per heavy atom. The van der Waals surface area contributed by atoms with Crippen LogP contribution in [0.15, 0.2) is 12.2 Å². The van der Waals surface area contributed by atoms with Gasteiger partial charge in [-0.2, -0.15) is 0 Å². The molecule has 5 nitrogen and oxygen atoms in total. The minimum atomic E-state index is -4.14. The average molecular weight is 454 g/mol. The summed E-state index contributed by atoms with van der Waals surface area (Å²) in [5, 5.41) is 0. The minimum absolute atomic E-state index is 0. The maximum absolute atomic E-state index is 12.0. The molecule has 0 atom stereocenters. The molecule has 0 aliphatic heterocycles. The van der Waals surface area contributed by atoms with Crippen LogP contribution in [0.25, 0.3) is 0 Å². The van der Waals surface area contributed by atoms with Crippen LogP contribution in [0.2, 0.25) is 0 Å². The molecule has 0 N–H and O–H groups in total. The van der Waals surface area contributed by atoms with Crippen molar-refractivity contribution in [3.63, 3.8) is 0 Å². The molecule has 0 radical (unpaired) electrons. The summed E-state index contributed by atoms with van der Waals surface area (Å²) in [5.41, 5.74) is 0. The number of hydrogen-bond donors (Lipinski definition) is 0. The van der Waals surface area contributed by atoms with E-state index in [1.807, 2.05) is 0 Å². The van der Waals surface area contributed by atoms with E-state index in [0.717, 1.165) is 19.3 Å². The number of carbonyl (C=O) groups is 1. The van der Waals surface area contributed by atoms with Crippen LogP contribution in [0, 0.1) is 0 Å². The van der Waals surface area contributed by atoms with Gasteiger partial charge in [-0.3, -0.25) is 4.79 Å². The third kappa shape index (κ3) is 24.4. The molecule has 0 spiro atoms. The molecule has 0 aliphatic carbocycles. The molecule has 172 valence electrons. The first-order valence-corrected chi connectivity index (χ1v) is 13.3. The molecule has 0 saturated carbocycles. The fraction of sp³-hybridized carbons (Fsp3) is 0.870. The Hall–Kier alpha value is 0.120. The van der Waals surface area contributed by atoms with Crippen molar-refractivity contribution in [2.45, 2.75) is 110 Å². The van der Waals surface area contributed by atoms with Gasteiger partial charge < -0.3 is 9.45 Å². The van der Waals surface area contributed by atoms with E-state index in [4.69, 9.17) is 0 Å². The number of nitrogens with zero attached hydrogens (tertiary/aromatic N) is 1. The molecule has 0 saturated heterocycles. The third-order valence-electron chi connectivity index (χ3n) is 5.22. The summed E-state index contributed by atoms with van der Waals surface area (Å²) in [7, 11) is -2.40. The predicted octanol–water partition coefficient (Wildman–Crippen LogP) is 2.81. The van der Waals surface area contributed by atoms with Crippen molar-refractivity contribution in [1.82, 2.24) is 4.90 Å². The third-order valence-corrected chi connectivity index (χ3v) is 6.00. The van der Waals surface area contributed by atoms with Gasteiger partial charge in [-0.1, -0.05) is 70.4 Å². The van der Waals surface area contributed by atoms with E-state index >= 15 is 0 Å². The monoisotopic (exact) mass is 453 g/mol. The zero-order valence-electron chi connectivity index (χ0n) is 19.9. The van der Waals surface area contributed by atoms with E-state index in [-0.39, 0.29) is 41.2 Å². The second-order valence-corrected chi connectivity index (χ2v) is 9.64. The molecule has 1 amide bonds. The number of carbonyl (C=O) groups excluding carboxylic acids is 1. The summed E-state index contributed by atoms with van der Waals surface area (Å²) in [6.45, 7) is 2.77. The summed E-state index contributed by atoms with van der Waals surface area (Å²) in [5.74, 6) is -0.240. The molecule has 0 heterocycles. The topological polar surface area (TPSA) is 77.5 Å². The second-order valence-electron chi connectivity index (χ2n) is 8.12. The molecular weight excluding hydrogens is 409 g/mol. The van der Waals surface area contributed by atoms with Crippen LogP contribution in [0.3, 0.4) is 0 Å². The van der Waals surface area contributed by atoms with Crippen LogP contribution < -0.4 is 29.6 Å². The van der Waals surface area contributed by atoms with Gasteiger partial charge in [-0.05, 0) is 44.9 Å². The Kier molecular flexibility index (Phi) is 24.0. The average Bonchev–Trinajstić information content (AvgIpc) is 2.67. The maximum atomic E-state index is 12.0. The fourth-order valence-corrected chi connectivity index (χ4v) is 3.85. The molecule has 0 rings (SSSR count). The zero-order valence-corrected chi connectivity index (χ0v) is 22.7. The molecular formula is C23H44NNaO4S. The van der Waals surface area contributed by atoms with Crippen molar-refractivity contribution in [3.8, 4) is 0 Å². The van der Waals surface area contributed by atoms with E-state index < -0.39 is 10.1 Å². The number of unbranched alkanes of at least 4 members (excludes halogenated alkanes) is 12. The van der Waals surface area contributed by atoms with Gasteiger partial charge in [0.1, 0.15) is 0 Å². The SMILES string of the molecule is CCCCCCCC/C=C\CCCCCCCC(=O)N(C)CCCCS(=O)(=O)[O-].[Na+]. The van der Waals surface area contributed by atoms with Crippen molar-refractivity contribution in [3.05, 3.63) is 12.2 Å². The van der Waals surface area contributed by atoms with Crippen LogP contribution in [-0.2, 0) is 14.9 Å². The Bertz CT molecular complexity index is 523. The predicted molar refractivity (Wildman–Crippen MR) is 121 cm³/mol. The maximum Gasteiger partial charge on any atom is 1.00 e. The molecule has 0 bridgehead atoms. The van der Waals surface area contributed by atoms with E-state index in [2.05, 4.69) is 19.1 Å². The standard InChI is InChI=1S/C23H45NO4S.Na/c1-3-4-5-6-7-8-9-10-11-12-13-14-15-16-17-20-23(25)24(2)21-18-19-22-29(26,27)28;/h10-11H,3-9,12-22H2,1-2H3,(H,26,27,28);/q;+1/p-1/b11-10-;. The Morgan fingerprint density at radius 2 is 1.30 bits per heavy atom. The van der Waals surface area contributed by atoms with Gasteiger partial charge in [0, 0.05) is 25.8 Å². The van der Waals surface area contributed by atoms with Crippen molar-refractivity contribution >= 4 is 16.0 Å². The summed E-state index contributed by atoms with van der Waals surface area (Å²) in [4.78, 5) is 13.6. The van der Waals surface area contributed by atoms with Crippen LogP contribution >= 0.6 is 0 Å². The largest absolute Gasteiger partial charge is 1.00 e. The first-order valence-electron chi connectivity index (χ1n) is 11.7. The van der Waals surface area contributed by atoms with Gasteiger partial charge in [0.25, 0.3) is 0 Å². The molecule has 0 aliphatic rings. The number of rotatable bonds is 20. The Morgan fingerprint density at radius 1 is 0.800 bits per heavy atom. The fourth-order valence-electron chi connectivity index (χ4n) is 3.29. The van der Waals surface area contributed by atoms with E-state index in [0.29, 0.717) is 25.8 Å². The molecule has 0 fully saturated rings. The first-order chi connectivity index (χ1) is 13.9. The van der Waals surface area contributed by atoms with Gasteiger partial charge in [-0.15, -0.1) is 0 Å². The van der Waals surface area contributed by atoms with Crippen molar-refractivity contribution in [2.24, 2.45) is 0 Å². The number of hydrogen-bond acceptors (Lipinski definition) is 4. The van der Waals surface area contributed by atoms with Crippen molar-refractivity contribution in [1.29, 1.82) is 0 Å². The molecule has 0 unspecified atom stereocenters. The first kappa shape index (κ1) is 32.3. The minimum Gasteiger partial charge on any atom is -0.748 e. The van der Waals surface area contributed by atoms with Gasteiger partial charge >= 0.3 is 29.6 Å². The van der Waals surface area contributed by atoms with Crippen molar-refractivity contribution < 1.29 is 47.3 Å². The molecule has 0 aromatic heterocycles. The summed E-state index contributed by atoms with van der Waals surface area (Å²) < 4.78 is 31.6. The zero-order chi connectivity index (χ0) is 21.8. The van der Waals surface area contributed by atoms with Gasteiger partial charge in [0.05, 0.1) is 10.1 Å². The Labute approximate surface area is 208 Å². The number of allylic oxidation sites excluding steroid dienone is 2. The summed E-state index contributed by atoms with van der Waals surface area (Å²) in [6.07, 6.45) is 22.2. The van der Waals surface area contributed by atoms with Crippen molar-refractivity contribution in [2.75, 3.05) is 19.3 Å². The molecule has 0 aromatic rings. The second kappa shape index (κ2) is 22.3. The van der Waals surface area contributed by atoms with Crippen LogP contribution in [0.5, 0.6) is 0 Å².